The molecule has 0 unspecified atom stereocenters. The summed E-state index contributed by atoms with van der Waals surface area (Å²) in [5.74, 6) is -4.62. The second kappa shape index (κ2) is 16.5. The first-order valence-electron chi connectivity index (χ1n) is 14.8. The maximum Gasteiger partial charge on any atom is 0.335 e. The molecule has 6 aromatic carbocycles. The van der Waals surface area contributed by atoms with Crippen LogP contribution in [0.25, 0.3) is 21.5 Å². The van der Waals surface area contributed by atoms with Crippen LogP contribution in [0.15, 0.2) is 109 Å². The fourth-order valence-electron chi connectivity index (χ4n) is 4.52. The number of hydrogen-bond donors (Lipinski definition) is 3. The molecule has 0 aliphatic heterocycles. The number of primary sulfonamides is 1. The van der Waals surface area contributed by atoms with E-state index in [9.17, 15) is 44.0 Å². The van der Waals surface area contributed by atoms with Crippen LogP contribution < -0.4 is 19.3 Å². The topological polar surface area (TPSA) is 179 Å². The summed E-state index contributed by atoms with van der Waals surface area (Å²) in [6, 6.07) is 25.7. The van der Waals surface area contributed by atoms with E-state index < -0.39 is 55.2 Å². The minimum Gasteiger partial charge on any atom is -0.478 e. The molecule has 6 aromatic rings. The fourth-order valence-corrected chi connectivity index (χ4v) is 4.98. The molecule has 0 radical (unpaired) electrons. The number of nitrogens with one attached hydrogen (secondary N) is 1. The molecule has 0 atom stereocenters. The highest BCUT2D eigenvalue weighted by molar-refractivity contribution is 7.89. The zero-order valence-electron chi connectivity index (χ0n) is 27.5. The quantitative estimate of drug-likeness (QED) is 0.143. The summed E-state index contributed by atoms with van der Waals surface area (Å²) in [7, 11) is -6.84. The van der Waals surface area contributed by atoms with Crippen LogP contribution in [0.1, 0.15) is 20.7 Å². The minimum absolute atomic E-state index is 0.121. The summed E-state index contributed by atoms with van der Waals surface area (Å²) in [6.07, 6.45) is 1.83. The van der Waals surface area contributed by atoms with Gasteiger partial charge in [0, 0.05) is 28.5 Å². The van der Waals surface area contributed by atoms with Crippen molar-refractivity contribution < 1.29 is 58.6 Å². The Hall–Kier alpha value is -6.04. The summed E-state index contributed by atoms with van der Waals surface area (Å²) in [5.41, 5.74) is 0.324. The Morgan fingerprint density at radius 2 is 1.02 bits per heavy atom. The van der Waals surface area contributed by atoms with Crippen molar-refractivity contribution in [3.63, 3.8) is 0 Å². The summed E-state index contributed by atoms with van der Waals surface area (Å²) < 4.78 is 107. The second-order valence-corrected chi connectivity index (χ2v) is 14.5. The van der Waals surface area contributed by atoms with E-state index in [0.717, 1.165) is 36.8 Å². The molecule has 0 bridgehead atoms. The smallest absolute Gasteiger partial charge is 0.335 e. The molecule has 11 nitrogen and oxygen atoms in total. The van der Waals surface area contributed by atoms with Crippen LogP contribution in [0.2, 0.25) is 0 Å². The van der Waals surface area contributed by atoms with E-state index >= 15 is 0 Å². The number of fused-ring (bicyclic) bond motifs is 2. The van der Waals surface area contributed by atoms with Gasteiger partial charge in [0.15, 0.2) is 23.3 Å². The van der Waals surface area contributed by atoms with Crippen LogP contribution in [-0.2, 0) is 20.0 Å². The van der Waals surface area contributed by atoms with Gasteiger partial charge in [-0.15, -0.1) is 0 Å². The molecule has 0 aromatic heterocycles. The van der Waals surface area contributed by atoms with Crippen molar-refractivity contribution in [2.45, 2.75) is 0 Å². The lowest BCUT2D eigenvalue weighted by Crippen LogP contribution is -2.29. The van der Waals surface area contributed by atoms with Crippen molar-refractivity contribution in [2.24, 2.45) is 5.14 Å². The first-order valence-corrected chi connectivity index (χ1v) is 18.7. The molecule has 0 aliphatic carbocycles. The van der Waals surface area contributed by atoms with Crippen LogP contribution in [0.3, 0.4) is 0 Å². The van der Waals surface area contributed by atoms with Gasteiger partial charge in [0.25, 0.3) is 5.91 Å². The van der Waals surface area contributed by atoms with Gasteiger partial charge in [-0.3, -0.25) is 4.79 Å². The lowest BCUT2D eigenvalue weighted by molar-refractivity contribution is 0.0696. The van der Waals surface area contributed by atoms with Gasteiger partial charge in [-0.05, 0) is 83.6 Å². The third-order valence-electron chi connectivity index (χ3n) is 6.71. The van der Waals surface area contributed by atoms with E-state index in [4.69, 9.17) is 14.6 Å². The average molecular weight is 773 g/mol. The first-order chi connectivity index (χ1) is 24.8. The van der Waals surface area contributed by atoms with Crippen molar-refractivity contribution in [3.8, 4) is 23.0 Å². The van der Waals surface area contributed by atoms with Gasteiger partial charge in [0.2, 0.25) is 20.0 Å². The number of rotatable bonds is 7. The molecule has 4 N–H and O–H groups in total. The molecule has 1 amide bonds. The number of nitrogens with two attached hydrogens (primary N) is 1. The standard InChI is InChI=1S/C18H13F2NO4S.C17H10F2O3.CH5NO2S/c1-26(23,24)21-18(22)12-5-7-14-11(9-12)3-2-4-17(14)25-13-6-8-15(19)16(20)10-13;18-14-7-5-12(9-15(14)19)22-16-3-1-2-10-8-11(17(20)21)4-6-13(10)16;1-5(2,3)4/h2-10H,1H3,(H,21,22);1-9H,(H,20,21);1H3,(H2,2,3,4). The summed E-state index contributed by atoms with van der Waals surface area (Å²) in [6.45, 7) is 0. The SMILES string of the molecule is CS(=O)(=O)NC(=O)c1ccc2c(Oc3ccc(F)c(F)c3)cccc2c1.CS(N)(=O)=O.O=C(O)c1ccc2c(Oc3ccc(F)c(F)c3)cccc2c1. The van der Waals surface area contributed by atoms with Gasteiger partial charge in [0.1, 0.15) is 23.0 Å². The molecule has 0 fully saturated rings. The van der Waals surface area contributed by atoms with Crippen LogP contribution in [0, 0.1) is 23.3 Å². The summed E-state index contributed by atoms with van der Waals surface area (Å²) in [5, 5.41) is 15.9. The van der Waals surface area contributed by atoms with E-state index in [0.29, 0.717) is 33.0 Å². The normalized spacial score (nSPS) is 11.1. The zero-order valence-corrected chi connectivity index (χ0v) is 29.1. The molecule has 276 valence electrons. The predicted octanol–water partition coefficient (Wildman–Crippen LogP) is 7.11. The van der Waals surface area contributed by atoms with Gasteiger partial charge >= 0.3 is 5.97 Å². The zero-order chi connectivity index (χ0) is 39.1. The molecule has 0 saturated heterocycles. The molecule has 0 aliphatic rings. The molecule has 0 heterocycles. The average Bonchev–Trinajstić information content (AvgIpc) is 3.06. The Kier molecular flexibility index (Phi) is 12.4. The van der Waals surface area contributed by atoms with Gasteiger partial charge < -0.3 is 14.6 Å². The highest BCUT2D eigenvalue weighted by Gasteiger charge is 2.14. The van der Waals surface area contributed by atoms with Crippen molar-refractivity contribution in [1.29, 1.82) is 0 Å². The summed E-state index contributed by atoms with van der Waals surface area (Å²) >= 11 is 0. The molecular formula is C36H28F4N2O9S2. The van der Waals surface area contributed by atoms with Crippen molar-refractivity contribution in [1.82, 2.24) is 4.72 Å². The highest BCUT2D eigenvalue weighted by atomic mass is 32.2. The number of amides is 1. The van der Waals surface area contributed by atoms with E-state index in [1.165, 1.54) is 36.4 Å². The number of hydrogen-bond acceptors (Lipinski definition) is 8. The molecular weight excluding hydrogens is 745 g/mol. The minimum atomic E-state index is -3.67. The Labute approximate surface area is 300 Å². The molecule has 6 rings (SSSR count). The predicted molar refractivity (Wildman–Crippen MR) is 189 cm³/mol. The fraction of sp³-hybridized carbons (Fsp3) is 0.0556. The van der Waals surface area contributed by atoms with Crippen molar-refractivity contribution in [2.75, 3.05) is 12.5 Å². The molecule has 0 spiro atoms. The lowest BCUT2D eigenvalue weighted by atomic mass is 10.1. The van der Waals surface area contributed by atoms with Gasteiger partial charge in [-0.2, -0.15) is 0 Å². The van der Waals surface area contributed by atoms with Crippen LogP contribution in [0.5, 0.6) is 23.0 Å². The van der Waals surface area contributed by atoms with E-state index in [-0.39, 0.29) is 22.6 Å². The van der Waals surface area contributed by atoms with E-state index in [1.54, 1.807) is 48.5 Å². The Morgan fingerprint density at radius 1 is 0.604 bits per heavy atom. The monoisotopic (exact) mass is 772 g/mol. The van der Waals surface area contributed by atoms with Crippen molar-refractivity contribution >= 4 is 53.5 Å². The lowest BCUT2D eigenvalue weighted by Gasteiger charge is -2.10. The maximum absolute atomic E-state index is 13.3. The maximum atomic E-state index is 13.3. The van der Waals surface area contributed by atoms with Crippen LogP contribution in [-0.4, -0.2) is 46.3 Å². The number of ether oxygens (including phenoxy) is 2. The number of carbonyl (C=O) groups is 2. The third-order valence-corrected chi connectivity index (χ3v) is 7.26. The molecule has 0 saturated carbocycles. The van der Waals surface area contributed by atoms with Crippen LogP contribution in [0.4, 0.5) is 17.6 Å². The Morgan fingerprint density at radius 3 is 1.42 bits per heavy atom. The number of halogens is 4. The van der Waals surface area contributed by atoms with E-state index in [1.807, 2.05) is 4.72 Å². The van der Waals surface area contributed by atoms with E-state index in [2.05, 4.69) is 5.14 Å². The second-order valence-electron chi connectivity index (χ2n) is 11.1. The number of benzene rings is 6. The highest BCUT2D eigenvalue weighted by Crippen LogP contribution is 2.32. The first kappa shape index (κ1) is 39.7. The van der Waals surface area contributed by atoms with Gasteiger partial charge in [-0.25, -0.2) is 49.1 Å². The van der Waals surface area contributed by atoms with Crippen molar-refractivity contribution in [3.05, 3.63) is 144 Å². The Bertz CT molecular complexity index is 2560. The molecule has 53 heavy (non-hydrogen) atoms. The number of carbonyl (C=O) groups excluding carboxylic acids is 1. The largest absolute Gasteiger partial charge is 0.478 e. The van der Waals surface area contributed by atoms with Crippen LogP contribution >= 0.6 is 0 Å². The Balaban J connectivity index is 0.000000212. The summed E-state index contributed by atoms with van der Waals surface area (Å²) in [4.78, 5) is 22.9. The number of aromatic carboxylic acids is 1. The number of carboxylic acids is 1. The molecule has 17 heteroatoms. The third kappa shape index (κ3) is 11.7. The number of sulfonamides is 2. The number of carboxylic acid groups (broad SMARTS) is 1. The van der Waals surface area contributed by atoms with Gasteiger partial charge in [0.05, 0.1) is 18.1 Å². The van der Waals surface area contributed by atoms with Gasteiger partial charge in [-0.1, -0.05) is 24.3 Å².